The highest BCUT2D eigenvalue weighted by Crippen LogP contribution is 2.35. The number of methoxy groups -OCH3 is 1. The number of esters is 1. The molecule has 1 unspecified atom stereocenters. The summed E-state index contributed by atoms with van der Waals surface area (Å²) < 4.78 is 20.0. The Morgan fingerprint density at radius 3 is 2.56 bits per heavy atom. The molecule has 0 spiro atoms. The zero-order chi connectivity index (χ0) is 29.1. The Labute approximate surface area is 259 Å². The molecule has 0 N–H and O–H groups in total. The number of carbonyl (C=O) groups is 1. The predicted octanol–water partition coefficient (Wildman–Crippen LogP) is 5.64. The first-order chi connectivity index (χ1) is 19.8. The molecule has 1 aromatic heterocycles. The molecule has 2 heterocycles. The first kappa shape index (κ1) is 29.1. The van der Waals surface area contributed by atoms with E-state index >= 15 is 0 Å². The molecule has 41 heavy (non-hydrogen) atoms. The third-order valence-electron chi connectivity index (χ3n) is 6.48. The minimum atomic E-state index is -0.701. The van der Waals surface area contributed by atoms with Crippen LogP contribution in [0.3, 0.4) is 0 Å². The SMILES string of the molecule is CCOC(=O)C1=C(C)N=c2sc(=Cc3cc(I)c(OCc4ccccc4)c(OC)c3)c(=O)n2C1c1ccc(Cl)cc1. The van der Waals surface area contributed by atoms with Crippen molar-refractivity contribution in [3.63, 3.8) is 0 Å². The van der Waals surface area contributed by atoms with Gasteiger partial charge in [-0.15, -0.1) is 0 Å². The Balaban J connectivity index is 1.58. The number of hydrogen-bond donors (Lipinski definition) is 0. The van der Waals surface area contributed by atoms with E-state index in [0.29, 0.717) is 43.7 Å². The van der Waals surface area contributed by atoms with E-state index in [4.69, 9.17) is 25.8 Å². The van der Waals surface area contributed by atoms with Crippen molar-refractivity contribution in [2.75, 3.05) is 13.7 Å². The Morgan fingerprint density at radius 1 is 1.15 bits per heavy atom. The van der Waals surface area contributed by atoms with E-state index in [-0.39, 0.29) is 12.2 Å². The van der Waals surface area contributed by atoms with Crippen LogP contribution in [-0.4, -0.2) is 24.3 Å². The minimum Gasteiger partial charge on any atom is -0.493 e. The molecule has 0 fully saturated rings. The van der Waals surface area contributed by atoms with Gasteiger partial charge in [0.15, 0.2) is 16.3 Å². The maximum absolute atomic E-state index is 13.9. The third-order valence-corrected chi connectivity index (χ3v) is 8.51. The van der Waals surface area contributed by atoms with Gasteiger partial charge in [0.25, 0.3) is 5.56 Å². The summed E-state index contributed by atoms with van der Waals surface area (Å²) in [6, 6.07) is 20.1. The lowest BCUT2D eigenvalue weighted by molar-refractivity contribution is -0.139. The summed E-state index contributed by atoms with van der Waals surface area (Å²) in [6.07, 6.45) is 1.80. The van der Waals surface area contributed by atoms with Crippen LogP contribution in [-0.2, 0) is 16.1 Å². The predicted molar refractivity (Wildman–Crippen MR) is 168 cm³/mol. The van der Waals surface area contributed by atoms with E-state index < -0.39 is 12.0 Å². The van der Waals surface area contributed by atoms with Gasteiger partial charge in [-0.2, -0.15) is 0 Å². The lowest BCUT2D eigenvalue weighted by Crippen LogP contribution is -2.39. The Bertz CT molecular complexity index is 1810. The van der Waals surface area contributed by atoms with Crippen molar-refractivity contribution in [2.45, 2.75) is 26.5 Å². The standard InChI is InChI=1S/C31H26ClIN2O5S/c1-4-39-30(37)26-18(2)34-31-35(27(26)21-10-12-22(32)13-11-21)29(36)25(41-31)16-20-14-23(33)28(24(15-20)38-3)40-17-19-8-6-5-7-9-19/h5-16,27H,4,17H2,1-3H3. The number of halogens is 2. The van der Waals surface area contributed by atoms with Gasteiger partial charge in [-0.3, -0.25) is 9.36 Å². The van der Waals surface area contributed by atoms with Crippen LogP contribution in [0.4, 0.5) is 0 Å². The smallest absolute Gasteiger partial charge is 0.338 e. The largest absolute Gasteiger partial charge is 0.493 e. The first-order valence-electron chi connectivity index (χ1n) is 12.8. The average Bonchev–Trinajstić information content (AvgIpc) is 3.26. The van der Waals surface area contributed by atoms with Crippen molar-refractivity contribution < 1.29 is 19.0 Å². The average molecular weight is 701 g/mol. The van der Waals surface area contributed by atoms with E-state index in [0.717, 1.165) is 20.3 Å². The van der Waals surface area contributed by atoms with Crippen LogP contribution in [0.25, 0.3) is 6.08 Å². The zero-order valence-electron chi connectivity index (χ0n) is 22.5. The summed E-state index contributed by atoms with van der Waals surface area (Å²) in [6.45, 7) is 4.11. The summed E-state index contributed by atoms with van der Waals surface area (Å²) in [5.74, 6) is 0.688. The molecular formula is C31H26ClIN2O5S. The van der Waals surface area contributed by atoms with Crippen LogP contribution >= 0.6 is 45.5 Å². The highest BCUT2D eigenvalue weighted by Gasteiger charge is 2.33. The Kier molecular flexibility index (Phi) is 8.96. The zero-order valence-corrected chi connectivity index (χ0v) is 26.2. The molecular weight excluding hydrogens is 675 g/mol. The van der Waals surface area contributed by atoms with Gasteiger partial charge in [0.1, 0.15) is 6.61 Å². The van der Waals surface area contributed by atoms with E-state index in [1.807, 2.05) is 54.6 Å². The van der Waals surface area contributed by atoms with Crippen molar-refractivity contribution in [3.8, 4) is 11.5 Å². The van der Waals surface area contributed by atoms with Gasteiger partial charge in [0.2, 0.25) is 0 Å². The summed E-state index contributed by atoms with van der Waals surface area (Å²) in [5.41, 5.74) is 3.12. The van der Waals surface area contributed by atoms with Gasteiger partial charge in [-0.1, -0.05) is 65.4 Å². The van der Waals surface area contributed by atoms with Crippen molar-refractivity contribution in [1.29, 1.82) is 0 Å². The number of nitrogens with zero attached hydrogens (tertiary/aromatic N) is 2. The van der Waals surface area contributed by atoms with Crippen LogP contribution < -0.4 is 24.4 Å². The Morgan fingerprint density at radius 2 is 1.88 bits per heavy atom. The van der Waals surface area contributed by atoms with Crippen molar-refractivity contribution in [3.05, 3.63) is 123 Å². The summed E-state index contributed by atoms with van der Waals surface area (Å²) in [5, 5.41) is 0.555. The fourth-order valence-electron chi connectivity index (χ4n) is 4.60. The summed E-state index contributed by atoms with van der Waals surface area (Å²) in [4.78, 5) is 32.1. The molecule has 210 valence electrons. The van der Waals surface area contributed by atoms with Gasteiger partial charge < -0.3 is 14.2 Å². The number of hydrogen-bond acceptors (Lipinski definition) is 7. The van der Waals surface area contributed by atoms with Crippen LogP contribution in [0.1, 0.15) is 36.6 Å². The molecule has 10 heteroatoms. The number of carbonyl (C=O) groups excluding carboxylic acids is 1. The van der Waals surface area contributed by atoms with E-state index in [9.17, 15) is 9.59 Å². The molecule has 0 bridgehead atoms. The lowest BCUT2D eigenvalue weighted by atomic mass is 9.96. The molecule has 7 nitrogen and oxygen atoms in total. The van der Waals surface area contributed by atoms with Crippen LogP contribution in [0.15, 0.2) is 87.8 Å². The van der Waals surface area contributed by atoms with Gasteiger partial charge >= 0.3 is 5.97 Å². The van der Waals surface area contributed by atoms with Crippen LogP contribution in [0.5, 0.6) is 11.5 Å². The lowest BCUT2D eigenvalue weighted by Gasteiger charge is -2.24. The molecule has 4 aromatic rings. The summed E-state index contributed by atoms with van der Waals surface area (Å²) >= 11 is 9.61. The van der Waals surface area contributed by atoms with Crippen LogP contribution in [0.2, 0.25) is 5.02 Å². The van der Waals surface area contributed by atoms with Gasteiger partial charge in [-0.25, -0.2) is 9.79 Å². The monoisotopic (exact) mass is 700 g/mol. The number of thiazole rings is 1. The molecule has 0 saturated carbocycles. The van der Waals surface area contributed by atoms with Gasteiger partial charge in [0, 0.05) is 5.02 Å². The molecule has 3 aromatic carbocycles. The van der Waals surface area contributed by atoms with Crippen molar-refractivity contribution >= 4 is 57.6 Å². The van der Waals surface area contributed by atoms with Crippen molar-refractivity contribution in [1.82, 2.24) is 4.57 Å². The number of fused-ring (bicyclic) bond motifs is 1. The number of ether oxygens (including phenoxy) is 3. The van der Waals surface area contributed by atoms with Gasteiger partial charge in [0.05, 0.1) is 39.1 Å². The molecule has 1 aliphatic heterocycles. The van der Waals surface area contributed by atoms with Crippen molar-refractivity contribution in [2.24, 2.45) is 4.99 Å². The number of benzene rings is 3. The normalized spacial score (nSPS) is 14.9. The fourth-order valence-corrected chi connectivity index (χ4v) is 6.55. The molecule has 5 rings (SSSR count). The molecule has 1 aliphatic rings. The Hall–Kier alpha value is -3.41. The number of rotatable bonds is 8. The fraction of sp³-hybridized carbons (Fsp3) is 0.194. The van der Waals surface area contributed by atoms with Gasteiger partial charge in [-0.05, 0) is 83.5 Å². The highest BCUT2D eigenvalue weighted by molar-refractivity contribution is 14.1. The van der Waals surface area contributed by atoms with E-state index in [2.05, 4.69) is 27.6 Å². The molecule has 0 saturated heterocycles. The molecule has 0 radical (unpaired) electrons. The van der Waals surface area contributed by atoms with Crippen LogP contribution in [0, 0.1) is 3.57 Å². The quantitative estimate of drug-likeness (QED) is 0.176. The molecule has 1 atom stereocenters. The second-order valence-electron chi connectivity index (χ2n) is 9.16. The summed E-state index contributed by atoms with van der Waals surface area (Å²) in [7, 11) is 1.59. The highest BCUT2D eigenvalue weighted by atomic mass is 127. The molecule has 0 aliphatic carbocycles. The maximum atomic E-state index is 13.9. The number of allylic oxidation sites excluding steroid dienone is 1. The first-order valence-corrected chi connectivity index (χ1v) is 15.1. The minimum absolute atomic E-state index is 0.207. The topological polar surface area (TPSA) is 79.1 Å². The second kappa shape index (κ2) is 12.6. The second-order valence-corrected chi connectivity index (χ2v) is 11.8. The molecule has 0 amide bonds. The maximum Gasteiger partial charge on any atom is 0.338 e. The number of aromatic nitrogens is 1. The van der Waals surface area contributed by atoms with E-state index in [1.165, 1.54) is 11.3 Å². The third kappa shape index (κ3) is 6.12. The van der Waals surface area contributed by atoms with E-state index in [1.54, 1.807) is 43.7 Å².